The first-order valence-electron chi connectivity index (χ1n) is 11.1. The molecule has 174 valence electrons. The minimum absolute atomic E-state index is 0.0135. The van der Waals surface area contributed by atoms with E-state index in [4.69, 9.17) is 4.74 Å². The van der Waals surface area contributed by atoms with Crippen LogP contribution in [0.3, 0.4) is 0 Å². The van der Waals surface area contributed by atoms with Gasteiger partial charge in [0, 0.05) is 26.4 Å². The van der Waals surface area contributed by atoms with Crippen LogP contribution in [-0.4, -0.2) is 62.6 Å². The van der Waals surface area contributed by atoms with Gasteiger partial charge >= 0.3 is 0 Å². The van der Waals surface area contributed by atoms with E-state index in [0.717, 1.165) is 19.3 Å². The van der Waals surface area contributed by atoms with Crippen LogP contribution in [0.5, 0.6) is 0 Å². The van der Waals surface area contributed by atoms with E-state index in [1.807, 2.05) is 6.07 Å². The molecule has 0 bridgehead atoms. The third kappa shape index (κ3) is 3.72. The molecule has 11 heteroatoms. The highest BCUT2D eigenvalue weighted by molar-refractivity contribution is 6.00. The average Bonchev–Trinajstić information content (AvgIpc) is 3.22. The van der Waals surface area contributed by atoms with E-state index in [1.54, 1.807) is 37.1 Å². The van der Waals surface area contributed by atoms with E-state index in [0.29, 0.717) is 29.4 Å². The lowest BCUT2D eigenvalue weighted by Crippen LogP contribution is -2.50. The number of nitrogens with zero attached hydrogens (tertiary/aromatic N) is 4. The topological polar surface area (TPSA) is 135 Å². The SMILES string of the molecule is CNc1cc(Nc2cccn(C3CC[C@H]3OC)c2=O)nc2c(C(=O)NC3CC[C@H]3O)cnn12. The molecule has 1 amide bonds. The molecule has 11 nitrogen and oxygen atoms in total. The molecule has 0 aliphatic heterocycles. The number of hydrogen-bond acceptors (Lipinski definition) is 8. The minimum Gasteiger partial charge on any atom is -0.391 e. The van der Waals surface area contributed by atoms with Crippen LogP contribution in [0.1, 0.15) is 42.1 Å². The normalized spacial score (nSPS) is 24.1. The second-order valence-corrected chi connectivity index (χ2v) is 8.47. The Bertz CT molecular complexity index is 1250. The van der Waals surface area contributed by atoms with Gasteiger partial charge in [0.25, 0.3) is 11.5 Å². The van der Waals surface area contributed by atoms with E-state index in [-0.39, 0.29) is 35.2 Å². The maximum absolute atomic E-state index is 13.1. The highest BCUT2D eigenvalue weighted by Crippen LogP contribution is 2.33. The Morgan fingerprint density at radius 3 is 2.76 bits per heavy atom. The molecule has 4 atom stereocenters. The van der Waals surface area contributed by atoms with Crippen molar-refractivity contribution in [2.75, 3.05) is 24.8 Å². The fourth-order valence-electron chi connectivity index (χ4n) is 4.31. The molecule has 0 saturated heterocycles. The number of carbonyl (C=O) groups is 1. The van der Waals surface area contributed by atoms with Gasteiger partial charge in [-0.15, -0.1) is 0 Å². The summed E-state index contributed by atoms with van der Waals surface area (Å²) in [5.41, 5.74) is 0.839. The highest BCUT2D eigenvalue weighted by Gasteiger charge is 2.33. The number of nitrogens with one attached hydrogen (secondary N) is 3. The largest absolute Gasteiger partial charge is 0.391 e. The summed E-state index contributed by atoms with van der Waals surface area (Å²) in [6.45, 7) is 0. The Hall–Kier alpha value is -3.44. The lowest BCUT2D eigenvalue weighted by molar-refractivity contribution is -0.0103. The molecular weight excluding hydrogens is 426 g/mol. The molecule has 0 aromatic carbocycles. The molecule has 3 heterocycles. The van der Waals surface area contributed by atoms with Crippen LogP contribution in [0.25, 0.3) is 5.65 Å². The highest BCUT2D eigenvalue weighted by atomic mass is 16.5. The van der Waals surface area contributed by atoms with Crippen molar-refractivity contribution in [2.24, 2.45) is 0 Å². The van der Waals surface area contributed by atoms with Crippen molar-refractivity contribution in [1.29, 1.82) is 0 Å². The quantitative estimate of drug-likeness (QED) is 0.420. The smallest absolute Gasteiger partial charge is 0.274 e. The summed E-state index contributed by atoms with van der Waals surface area (Å²) in [7, 11) is 3.40. The van der Waals surface area contributed by atoms with Crippen LogP contribution < -0.4 is 21.5 Å². The van der Waals surface area contributed by atoms with Crippen molar-refractivity contribution in [3.8, 4) is 0 Å². The van der Waals surface area contributed by atoms with Gasteiger partial charge < -0.3 is 30.4 Å². The molecular formula is C22H27N7O4. The van der Waals surface area contributed by atoms with Gasteiger partial charge in [-0.05, 0) is 37.8 Å². The number of amides is 1. The number of aromatic nitrogens is 4. The number of anilines is 3. The summed E-state index contributed by atoms with van der Waals surface area (Å²) in [5, 5.41) is 23.0. The number of hydrogen-bond donors (Lipinski definition) is 4. The maximum atomic E-state index is 13.1. The number of carbonyl (C=O) groups excluding carboxylic acids is 1. The lowest BCUT2D eigenvalue weighted by Gasteiger charge is -2.36. The van der Waals surface area contributed by atoms with E-state index < -0.39 is 6.10 Å². The zero-order valence-electron chi connectivity index (χ0n) is 18.5. The van der Waals surface area contributed by atoms with Crippen molar-refractivity contribution < 1.29 is 14.6 Å². The number of fused-ring (bicyclic) bond motifs is 1. The maximum Gasteiger partial charge on any atom is 0.274 e. The Morgan fingerprint density at radius 2 is 2.12 bits per heavy atom. The summed E-state index contributed by atoms with van der Waals surface area (Å²) in [5.74, 6) is 0.648. The molecule has 0 radical (unpaired) electrons. The van der Waals surface area contributed by atoms with Crippen LogP contribution in [-0.2, 0) is 4.74 Å². The standard InChI is InChI=1S/C22H27N7O4/c1-23-19-10-18(25-14-4-3-9-28(22(14)32)15-6-8-17(15)33-2)27-20-12(11-24-29(19)20)21(31)26-13-5-7-16(13)30/h3-4,9-11,13,15-17,23,30H,5-8H2,1-2H3,(H,25,27)(H,26,31)/t13?,15?,16-,17-/m1/s1. The van der Waals surface area contributed by atoms with Gasteiger partial charge in [0.15, 0.2) is 5.65 Å². The van der Waals surface area contributed by atoms with Crippen molar-refractivity contribution >= 4 is 28.9 Å². The second-order valence-electron chi connectivity index (χ2n) is 8.47. The third-order valence-corrected chi connectivity index (χ3v) is 6.60. The fourth-order valence-corrected chi connectivity index (χ4v) is 4.31. The van der Waals surface area contributed by atoms with Crippen LogP contribution >= 0.6 is 0 Å². The van der Waals surface area contributed by atoms with E-state index in [1.165, 1.54) is 10.7 Å². The molecule has 2 aliphatic rings. The minimum atomic E-state index is -0.525. The summed E-state index contributed by atoms with van der Waals surface area (Å²) >= 11 is 0. The van der Waals surface area contributed by atoms with Gasteiger partial charge in [-0.1, -0.05) is 0 Å². The Kier molecular flexibility index (Phi) is 5.51. The Labute approximate surface area is 189 Å². The predicted molar refractivity (Wildman–Crippen MR) is 122 cm³/mol. The summed E-state index contributed by atoms with van der Waals surface area (Å²) in [6.07, 6.45) is 5.96. The third-order valence-electron chi connectivity index (χ3n) is 6.60. The number of aliphatic hydroxyl groups excluding tert-OH is 1. The molecule has 2 saturated carbocycles. The number of methoxy groups -OCH3 is 1. The van der Waals surface area contributed by atoms with Gasteiger partial charge in [0.2, 0.25) is 0 Å². The molecule has 4 N–H and O–H groups in total. The van der Waals surface area contributed by atoms with Gasteiger partial charge in [0.1, 0.15) is 22.9 Å². The summed E-state index contributed by atoms with van der Waals surface area (Å²) in [4.78, 5) is 30.5. The van der Waals surface area contributed by atoms with Crippen LogP contribution in [0, 0.1) is 0 Å². The first-order chi connectivity index (χ1) is 16.0. The molecule has 5 rings (SSSR count). The molecule has 2 unspecified atom stereocenters. The lowest BCUT2D eigenvalue weighted by atomic mass is 9.88. The summed E-state index contributed by atoms with van der Waals surface area (Å²) in [6, 6.07) is 4.98. The van der Waals surface area contributed by atoms with Crippen LogP contribution in [0.15, 0.2) is 35.4 Å². The molecule has 0 spiro atoms. The summed E-state index contributed by atoms with van der Waals surface area (Å²) < 4.78 is 8.67. The number of rotatable bonds is 7. The predicted octanol–water partition coefficient (Wildman–Crippen LogP) is 1.28. The molecule has 33 heavy (non-hydrogen) atoms. The van der Waals surface area contributed by atoms with Crippen LogP contribution in [0.4, 0.5) is 17.3 Å². The van der Waals surface area contributed by atoms with E-state index in [9.17, 15) is 14.7 Å². The van der Waals surface area contributed by atoms with Crippen molar-refractivity contribution in [3.05, 3.63) is 46.5 Å². The molecule has 3 aromatic rings. The van der Waals surface area contributed by atoms with E-state index in [2.05, 4.69) is 26.0 Å². The molecule has 3 aromatic heterocycles. The first-order valence-corrected chi connectivity index (χ1v) is 11.1. The first kappa shape index (κ1) is 21.4. The van der Waals surface area contributed by atoms with Crippen molar-refractivity contribution in [3.63, 3.8) is 0 Å². The second kappa shape index (κ2) is 8.49. The monoisotopic (exact) mass is 453 g/mol. The molecule has 2 aliphatic carbocycles. The van der Waals surface area contributed by atoms with Crippen LogP contribution in [0.2, 0.25) is 0 Å². The number of aliphatic hydroxyl groups is 1. The number of ether oxygens (including phenoxy) is 1. The zero-order chi connectivity index (χ0) is 23.1. The van der Waals surface area contributed by atoms with Gasteiger partial charge in [-0.2, -0.15) is 9.61 Å². The Morgan fingerprint density at radius 1 is 1.27 bits per heavy atom. The van der Waals surface area contributed by atoms with Gasteiger partial charge in [-0.25, -0.2) is 4.98 Å². The van der Waals surface area contributed by atoms with E-state index >= 15 is 0 Å². The van der Waals surface area contributed by atoms with Gasteiger partial charge in [0.05, 0.1) is 30.5 Å². The Balaban J connectivity index is 1.46. The zero-order valence-corrected chi connectivity index (χ0v) is 18.5. The van der Waals surface area contributed by atoms with Crippen molar-refractivity contribution in [1.82, 2.24) is 24.5 Å². The van der Waals surface area contributed by atoms with Gasteiger partial charge in [-0.3, -0.25) is 9.59 Å². The number of pyridine rings is 1. The fraction of sp³-hybridized carbons (Fsp3) is 0.455. The average molecular weight is 454 g/mol. The van der Waals surface area contributed by atoms with Crippen molar-refractivity contribution in [2.45, 2.75) is 50.0 Å². The molecule has 2 fully saturated rings.